The molecule has 0 atom stereocenters. The standard InChI is InChI=1S/C7H7N3S/c1-5-4-6(11)10-3-2-8-7(10)9-5/h2-4,11H,1H3. The average Bonchev–Trinajstić information content (AvgIpc) is 2.34. The van der Waals surface area contributed by atoms with E-state index in [1.165, 1.54) is 0 Å². The molecule has 3 nitrogen and oxygen atoms in total. The Kier molecular flexibility index (Phi) is 1.35. The van der Waals surface area contributed by atoms with E-state index in [1.807, 2.05) is 23.6 Å². The maximum atomic E-state index is 4.27. The summed E-state index contributed by atoms with van der Waals surface area (Å²) in [4.78, 5) is 8.24. The molecule has 11 heavy (non-hydrogen) atoms. The van der Waals surface area contributed by atoms with E-state index in [1.54, 1.807) is 6.20 Å². The van der Waals surface area contributed by atoms with E-state index in [0.717, 1.165) is 10.7 Å². The van der Waals surface area contributed by atoms with E-state index in [9.17, 15) is 0 Å². The number of rotatable bonds is 0. The van der Waals surface area contributed by atoms with Crippen LogP contribution in [0.5, 0.6) is 0 Å². The molecule has 2 rings (SSSR count). The van der Waals surface area contributed by atoms with Crippen LogP contribution >= 0.6 is 12.6 Å². The van der Waals surface area contributed by atoms with Gasteiger partial charge in [0, 0.05) is 18.1 Å². The Hall–Kier alpha value is -1.03. The van der Waals surface area contributed by atoms with Crippen LogP contribution in [-0.4, -0.2) is 14.4 Å². The first-order chi connectivity index (χ1) is 5.27. The van der Waals surface area contributed by atoms with Gasteiger partial charge in [-0.15, -0.1) is 12.6 Å². The van der Waals surface area contributed by atoms with Crippen molar-refractivity contribution in [2.75, 3.05) is 0 Å². The third-order valence-electron chi connectivity index (χ3n) is 1.48. The molecule has 0 aliphatic rings. The molecule has 0 fully saturated rings. The Morgan fingerprint density at radius 2 is 2.36 bits per heavy atom. The van der Waals surface area contributed by atoms with Crippen LogP contribution in [0.1, 0.15) is 5.69 Å². The number of aryl methyl sites for hydroxylation is 1. The summed E-state index contributed by atoms with van der Waals surface area (Å²) in [6.45, 7) is 1.92. The van der Waals surface area contributed by atoms with Gasteiger partial charge in [0.2, 0.25) is 5.78 Å². The highest BCUT2D eigenvalue weighted by Crippen LogP contribution is 2.09. The predicted molar refractivity (Wildman–Crippen MR) is 45.0 cm³/mol. The highest BCUT2D eigenvalue weighted by Gasteiger charge is 1.98. The second kappa shape index (κ2) is 2.23. The maximum absolute atomic E-state index is 4.27. The van der Waals surface area contributed by atoms with E-state index in [0.29, 0.717) is 5.78 Å². The van der Waals surface area contributed by atoms with E-state index in [2.05, 4.69) is 22.6 Å². The molecule has 0 saturated carbocycles. The summed E-state index contributed by atoms with van der Waals surface area (Å²) in [5, 5.41) is 0.866. The minimum Gasteiger partial charge on any atom is -0.279 e. The van der Waals surface area contributed by atoms with Gasteiger partial charge in [-0.3, -0.25) is 4.40 Å². The quantitative estimate of drug-likeness (QED) is 0.471. The summed E-state index contributed by atoms with van der Waals surface area (Å²) >= 11 is 4.27. The first kappa shape index (κ1) is 6.67. The number of hydrogen-bond donors (Lipinski definition) is 1. The molecule has 4 heteroatoms. The van der Waals surface area contributed by atoms with Crippen molar-refractivity contribution >= 4 is 18.4 Å². The summed E-state index contributed by atoms with van der Waals surface area (Å²) in [6.07, 6.45) is 3.55. The summed E-state index contributed by atoms with van der Waals surface area (Å²) in [7, 11) is 0. The molecule has 0 N–H and O–H groups in total. The van der Waals surface area contributed by atoms with Gasteiger partial charge < -0.3 is 0 Å². The van der Waals surface area contributed by atoms with Crippen molar-refractivity contribution in [2.45, 2.75) is 11.9 Å². The second-order valence-corrected chi connectivity index (χ2v) is 2.81. The first-order valence-electron chi connectivity index (χ1n) is 3.27. The molecule has 0 aromatic carbocycles. The second-order valence-electron chi connectivity index (χ2n) is 2.35. The highest BCUT2D eigenvalue weighted by atomic mass is 32.1. The fourth-order valence-electron chi connectivity index (χ4n) is 1.00. The molecule has 56 valence electrons. The molecule has 2 aromatic heterocycles. The van der Waals surface area contributed by atoms with Crippen molar-refractivity contribution in [3.63, 3.8) is 0 Å². The number of imidazole rings is 1. The number of aromatic nitrogens is 3. The number of hydrogen-bond acceptors (Lipinski definition) is 3. The number of thiol groups is 1. The lowest BCUT2D eigenvalue weighted by Gasteiger charge is -1.97. The van der Waals surface area contributed by atoms with E-state index >= 15 is 0 Å². The van der Waals surface area contributed by atoms with Crippen molar-refractivity contribution in [1.82, 2.24) is 14.4 Å². The van der Waals surface area contributed by atoms with Gasteiger partial charge in [-0.1, -0.05) is 0 Å². The van der Waals surface area contributed by atoms with Crippen LogP contribution in [0.3, 0.4) is 0 Å². The number of nitrogens with zero attached hydrogens (tertiary/aromatic N) is 3. The lowest BCUT2D eigenvalue weighted by molar-refractivity contribution is 0.962. The predicted octanol–water partition coefficient (Wildman–Crippen LogP) is 1.33. The summed E-state index contributed by atoms with van der Waals surface area (Å²) in [6, 6.07) is 1.90. The first-order valence-corrected chi connectivity index (χ1v) is 3.72. The summed E-state index contributed by atoms with van der Waals surface area (Å²) < 4.78 is 1.83. The van der Waals surface area contributed by atoms with Gasteiger partial charge in [0.15, 0.2) is 0 Å². The molecule has 2 heterocycles. The lowest BCUT2D eigenvalue weighted by Crippen LogP contribution is -1.92. The van der Waals surface area contributed by atoms with Crippen molar-refractivity contribution in [3.05, 3.63) is 24.2 Å². The van der Waals surface area contributed by atoms with Gasteiger partial charge in [-0.25, -0.2) is 9.97 Å². The zero-order valence-corrected chi connectivity index (χ0v) is 6.92. The Balaban J connectivity index is 2.91. The minimum absolute atomic E-state index is 0.704. The Morgan fingerprint density at radius 3 is 3.18 bits per heavy atom. The SMILES string of the molecule is Cc1cc(S)n2ccnc2n1. The maximum Gasteiger partial charge on any atom is 0.234 e. The zero-order valence-electron chi connectivity index (χ0n) is 6.02. The smallest absolute Gasteiger partial charge is 0.234 e. The van der Waals surface area contributed by atoms with Crippen LogP contribution < -0.4 is 0 Å². The van der Waals surface area contributed by atoms with Gasteiger partial charge in [0.05, 0.1) is 5.03 Å². The van der Waals surface area contributed by atoms with Crippen LogP contribution in [0, 0.1) is 6.92 Å². The van der Waals surface area contributed by atoms with Crippen molar-refractivity contribution in [2.24, 2.45) is 0 Å². The third-order valence-corrected chi connectivity index (χ3v) is 1.83. The van der Waals surface area contributed by atoms with Gasteiger partial charge >= 0.3 is 0 Å². The molecule has 0 radical (unpaired) electrons. The van der Waals surface area contributed by atoms with Crippen LogP contribution in [-0.2, 0) is 0 Å². The van der Waals surface area contributed by atoms with Crippen molar-refractivity contribution in [3.8, 4) is 0 Å². The Labute approximate surface area is 69.5 Å². The molecule has 0 amide bonds. The third kappa shape index (κ3) is 0.991. The molecule has 0 unspecified atom stereocenters. The minimum atomic E-state index is 0.704. The van der Waals surface area contributed by atoms with E-state index in [4.69, 9.17) is 0 Å². The molecule has 0 bridgehead atoms. The fourth-order valence-corrected chi connectivity index (χ4v) is 1.35. The van der Waals surface area contributed by atoms with Gasteiger partial charge in [-0.2, -0.15) is 0 Å². The molecule has 0 aliphatic carbocycles. The lowest BCUT2D eigenvalue weighted by atomic mass is 10.5. The van der Waals surface area contributed by atoms with E-state index in [-0.39, 0.29) is 0 Å². The molecular weight excluding hydrogens is 158 g/mol. The van der Waals surface area contributed by atoms with Crippen molar-refractivity contribution < 1.29 is 0 Å². The van der Waals surface area contributed by atoms with Crippen LogP contribution in [0.4, 0.5) is 0 Å². The largest absolute Gasteiger partial charge is 0.279 e. The van der Waals surface area contributed by atoms with E-state index < -0.39 is 0 Å². The van der Waals surface area contributed by atoms with Gasteiger partial charge in [-0.05, 0) is 13.0 Å². The molecule has 0 aliphatic heterocycles. The fraction of sp³-hybridized carbons (Fsp3) is 0.143. The van der Waals surface area contributed by atoms with Crippen molar-refractivity contribution in [1.29, 1.82) is 0 Å². The summed E-state index contributed by atoms with van der Waals surface area (Å²) in [5.41, 5.74) is 0.939. The summed E-state index contributed by atoms with van der Waals surface area (Å²) in [5.74, 6) is 0.704. The van der Waals surface area contributed by atoms with Gasteiger partial charge in [0.25, 0.3) is 0 Å². The molecular formula is C7H7N3S. The highest BCUT2D eigenvalue weighted by molar-refractivity contribution is 7.80. The van der Waals surface area contributed by atoms with Gasteiger partial charge in [0.1, 0.15) is 0 Å². The monoisotopic (exact) mass is 165 g/mol. The Bertz CT molecular complexity index is 393. The topological polar surface area (TPSA) is 30.2 Å². The normalized spacial score (nSPS) is 10.7. The molecule has 2 aromatic rings. The number of fused-ring (bicyclic) bond motifs is 1. The van der Waals surface area contributed by atoms with Crippen LogP contribution in [0.25, 0.3) is 5.78 Å². The van der Waals surface area contributed by atoms with Crippen LogP contribution in [0.2, 0.25) is 0 Å². The average molecular weight is 165 g/mol. The molecule has 0 saturated heterocycles. The Morgan fingerprint density at radius 1 is 1.55 bits per heavy atom. The van der Waals surface area contributed by atoms with Crippen LogP contribution in [0.15, 0.2) is 23.5 Å². The molecule has 0 spiro atoms. The zero-order chi connectivity index (χ0) is 7.84.